The Labute approximate surface area is 135 Å². The van der Waals surface area contributed by atoms with E-state index in [1.807, 2.05) is 41.9 Å². The first-order valence-electron chi connectivity index (χ1n) is 7.76. The molecule has 23 heavy (non-hydrogen) atoms. The lowest BCUT2D eigenvalue weighted by Gasteiger charge is -2.33. The van der Waals surface area contributed by atoms with Crippen LogP contribution >= 0.6 is 0 Å². The Morgan fingerprint density at radius 2 is 2.22 bits per heavy atom. The minimum atomic E-state index is -0.548. The zero-order valence-corrected chi connectivity index (χ0v) is 13.2. The van der Waals surface area contributed by atoms with Gasteiger partial charge in [-0.3, -0.25) is 4.90 Å². The van der Waals surface area contributed by atoms with Crippen molar-refractivity contribution in [2.24, 2.45) is 7.05 Å². The summed E-state index contributed by atoms with van der Waals surface area (Å²) in [5, 5.41) is 18.2. The van der Waals surface area contributed by atoms with Crippen molar-refractivity contribution in [1.82, 2.24) is 19.7 Å². The van der Waals surface area contributed by atoms with Crippen LogP contribution < -0.4 is 4.74 Å². The maximum Gasteiger partial charge on any atom is 0.163 e. The third-order valence-corrected chi connectivity index (χ3v) is 3.84. The minimum absolute atomic E-state index is 0.113. The fraction of sp³-hybridized carbons (Fsp3) is 0.500. The van der Waals surface area contributed by atoms with E-state index in [2.05, 4.69) is 15.1 Å². The van der Waals surface area contributed by atoms with Crippen molar-refractivity contribution in [3.05, 3.63) is 42.5 Å². The second-order valence-corrected chi connectivity index (χ2v) is 5.70. The molecular formula is C16H22N4O3. The van der Waals surface area contributed by atoms with E-state index in [1.165, 1.54) is 0 Å². The highest BCUT2D eigenvalue weighted by Gasteiger charge is 2.26. The van der Waals surface area contributed by atoms with Crippen molar-refractivity contribution in [3.63, 3.8) is 0 Å². The first-order valence-corrected chi connectivity index (χ1v) is 7.76. The lowest BCUT2D eigenvalue weighted by atomic mass is 10.2. The molecule has 2 aromatic rings. The van der Waals surface area contributed by atoms with Gasteiger partial charge < -0.3 is 19.1 Å². The van der Waals surface area contributed by atoms with Gasteiger partial charge in [-0.15, -0.1) is 10.2 Å². The molecule has 0 saturated carbocycles. The number of nitrogens with zero attached hydrogens (tertiary/aromatic N) is 4. The summed E-state index contributed by atoms with van der Waals surface area (Å²) in [5.41, 5.74) is 0. The van der Waals surface area contributed by atoms with Gasteiger partial charge >= 0.3 is 0 Å². The van der Waals surface area contributed by atoms with E-state index in [0.717, 1.165) is 18.1 Å². The number of hydrogen-bond acceptors (Lipinski definition) is 6. The molecule has 1 aliphatic rings. The molecule has 1 N–H and O–H groups in total. The molecule has 7 heteroatoms. The van der Waals surface area contributed by atoms with Gasteiger partial charge in [-0.1, -0.05) is 18.2 Å². The number of morpholine rings is 1. The highest BCUT2D eigenvalue weighted by Crippen LogP contribution is 2.20. The van der Waals surface area contributed by atoms with Crippen LogP contribution in [0.3, 0.4) is 0 Å². The highest BCUT2D eigenvalue weighted by atomic mass is 16.5. The Morgan fingerprint density at radius 1 is 1.39 bits per heavy atom. The molecule has 2 heterocycles. The average Bonchev–Trinajstić information content (AvgIpc) is 3.00. The number of para-hydroxylation sites is 1. The number of aryl methyl sites for hydroxylation is 1. The van der Waals surface area contributed by atoms with Crippen molar-refractivity contribution in [2.75, 3.05) is 32.8 Å². The Morgan fingerprint density at radius 3 is 2.96 bits per heavy atom. The molecule has 0 unspecified atom stereocenters. The van der Waals surface area contributed by atoms with Gasteiger partial charge in [0.05, 0.1) is 6.61 Å². The molecule has 1 saturated heterocycles. The lowest BCUT2D eigenvalue weighted by Crippen LogP contribution is -2.44. The van der Waals surface area contributed by atoms with Crippen molar-refractivity contribution in [2.45, 2.75) is 12.2 Å². The zero-order chi connectivity index (χ0) is 16.1. The average molecular weight is 318 g/mol. The molecule has 7 nitrogen and oxygen atoms in total. The quantitative estimate of drug-likeness (QED) is 0.842. The zero-order valence-electron chi connectivity index (χ0n) is 13.2. The second kappa shape index (κ2) is 7.54. The Kier molecular flexibility index (Phi) is 5.22. The van der Waals surface area contributed by atoms with Gasteiger partial charge in [0.15, 0.2) is 5.82 Å². The monoisotopic (exact) mass is 318 g/mol. The van der Waals surface area contributed by atoms with Gasteiger partial charge in [0.25, 0.3) is 0 Å². The molecule has 2 atom stereocenters. The third-order valence-electron chi connectivity index (χ3n) is 3.84. The van der Waals surface area contributed by atoms with Crippen LogP contribution in [0.5, 0.6) is 5.75 Å². The molecule has 1 fully saturated rings. The largest absolute Gasteiger partial charge is 0.491 e. The van der Waals surface area contributed by atoms with E-state index < -0.39 is 6.10 Å². The van der Waals surface area contributed by atoms with Crippen LogP contribution in [0.15, 0.2) is 36.7 Å². The van der Waals surface area contributed by atoms with Crippen molar-refractivity contribution >= 4 is 0 Å². The summed E-state index contributed by atoms with van der Waals surface area (Å²) in [4.78, 5) is 2.17. The fourth-order valence-electron chi connectivity index (χ4n) is 2.67. The van der Waals surface area contributed by atoms with E-state index in [0.29, 0.717) is 19.7 Å². The predicted octanol–water partition coefficient (Wildman–Crippen LogP) is 0.628. The molecule has 1 aromatic carbocycles. The summed E-state index contributed by atoms with van der Waals surface area (Å²) >= 11 is 0. The van der Waals surface area contributed by atoms with E-state index in [-0.39, 0.29) is 12.7 Å². The lowest BCUT2D eigenvalue weighted by molar-refractivity contribution is -0.0506. The van der Waals surface area contributed by atoms with Gasteiger partial charge in [-0.25, -0.2) is 0 Å². The SMILES string of the molecule is Cn1cnnc1[C@H]1CN(C[C@@H](O)COc2ccccc2)CCO1. The van der Waals surface area contributed by atoms with Gasteiger partial charge in [-0.05, 0) is 12.1 Å². The molecule has 3 rings (SSSR count). The summed E-state index contributed by atoms with van der Waals surface area (Å²) in [5.74, 6) is 1.58. The molecule has 124 valence electrons. The van der Waals surface area contributed by atoms with Crippen LogP contribution in [0.1, 0.15) is 11.9 Å². The second-order valence-electron chi connectivity index (χ2n) is 5.70. The van der Waals surface area contributed by atoms with Gasteiger partial charge in [0.1, 0.15) is 30.9 Å². The smallest absolute Gasteiger partial charge is 0.163 e. The molecule has 1 aliphatic heterocycles. The first kappa shape index (κ1) is 15.9. The number of hydrogen-bond donors (Lipinski definition) is 1. The summed E-state index contributed by atoms with van der Waals surface area (Å²) in [6.07, 6.45) is 1.01. The third kappa shape index (κ3) is 4.28. The molecular weight excluding hydrogens is 296 g/mol. The van der Waals surface area contributed by atoms with Gasteiger partial charge in [0, 0.05) is 26.7 Å². The van der Waals surface area contributed by atoms with Crippen molar-refractivity contribution in [1.29, 1.82) is 0 Å². The Hall–Kier alpha value is -1.96. The van der Waals surface area contributed by atoms with Crippen LogP contribution in [0.25, 0.3) is 0 Å². The van der Waals surface area contributed by atoms with Gasteiger partial charge in [0.2, 0.25) is 0 Å². The maximum atomic E-state index is 10.2. The van der Waals surface area contributed by atoms with Crippen LogP contribution in [0.4, 0.5) is 0 Å². The predicted molar refractivity (Wildman–Crippen MR) is 84.1 cm³/mol. The number of aliphatic hydroxyl groups excluding tert-OH is 1. The summed E-state index contributed by atoms with van der Waals surface area (Å²) in [7, 11) is 1.90. The molecule has 0 spiro atoms. The number of aromatic nitrogens is 3. The van der Waals surface area contributed by atoms with Crippen LogP contribution in [0, 0.1) is 0 Å². The summed E-state index contributed by atoms with van der Waals surface area (Å²) in [6.45, 7) is 2.91. The number of rotatable bonds is 6. The molecule has 0 amide bonds. The van der Waals surface area contributed by atoms with Crippen LogP contribution in [-0.2, 0) is 11.8 Å². The maximum absolute atomic E-state index is 10.2. The topological polar surface area (TPSA) is 72.6 Å². The normalized spacial score (nSPS) is 20.3. The minimum Gasteiger partial charge on any atom is -0.491 e. The van der Waals surface area contributed by atoms with Gasteiger partial charge in [-0.2, -0.15) is 0 Å². The van der Waals surface area contributed by atoms with Crippen LogP contribution in [0.2, 0.25) is 0 Å². The van der Waals surface area contributed by atoms with Crippen molar-refractivity contribution in [3.8, 4) is 5.75 Å². The first-order chi connectivity index (χ1) is 11.2. The fourth-order valence-corrected chi connectivity index (χ4v) is 2.67. The van der Waals surface area contributed by atoms with E-state index in [9.17, 15) is 5.11 Å². The molecule has 0 aliphatic carbocycles. The standard InChI is InChI=1S/C16H22N4O3/c1-19-12-17-18-16(19)15-10-20(7-8-22-15)9-13(21)11-23-14-5-3-2-4-6-14/h2-6,12-13,15,21H,7-11H2,1H3/t13-,15-/m1/s1. The van der Waals surface area contributed by atoms with E-state index in [1.54, 1.807) is 6.33 Å². The Bertz CT molecular complexity index is 604. The molecule has 0 radical (unpaired) electrons. The highest BCUT2D eigenvalue weighted by molar-refractivity contribution is 5.20. The number of benzene rings is 1. The Balaban J connectivity index is 1.48. The summed E-state index contributed by atoms with van der Waals surface area (Å²) in [6, 6.07) is 9.52. The number of β-amino-alcohol motifs (C(OH)–C–C–N with tert-alkyl or cyclic N) is 1. The number of ether oxygens (including phenoxy) is 2. The van der Waals surface area contributed by atoms with Crippen LogP contribution in [-0.4, -0.2) is 63.7 Å². The molecule has 1 aromatic heterocycles. The number of aliphatic hydroxyl groups is 1. The van der Waals surface area contributed by atoms with Crippen molar-refractivity contribution < 1.29 is 14.6 Å². The van der Waals surface area contributed by atoms with E-state index >= 15 is 0 Å². The summed E-state index contributed by atoms with van der Waals surface area (Å²) < 4.78 is 13.2. The van der Waals surface area contributed by atoms with E-state index in [4.69, 9.17) is 9.47 Å². The molecule has 0 bridgehead atoms.